The Morgan fingerprint density at radius 2 is 1.81 bits per heavy atom. The quantitative estimate of drug-likeness (QED) is 0.801. The van der Waals surface area contributed by atoms with Crippen molar-refractivity contribution in [3.05, 3.63) is 35.9 Å². The van der Waals surface area contributed by atoms with Gasteiger partial charge in [0.15, 0.2) is 0 Å². The number of benzene rings is 1. The van der Waals surface area contributed by atoms with E-state index in [9.17, 15) is 9.36 Å². The molecule has 88 valence electrons. The lowest BCUT2D eigenvalue weighted by molar-refractivity contribution is 0.0956. The smallest absolute Gasteiger partial charge is 0.340 e. The molecule has 16 heavy (non-hydrogen) atoms. The van der Waals surface area contributed by atoms with Crippen molar-refractivity contribution in [2.45, 2.75) is 0 Å². The van der Waals surface area contributed by atoms with Crippen LogP contribution in [0.5, 0.6) is 0 Å². The topological polar surface area (TPSA) is 64.6 Å². The molecule has 6 heteroatoms. The van der Waals surface area contributed by atoms with Gasteiger partial charge in [0.2, 0.25) is 0 Å². The number of hydrogen-bond acceptors (Lipinski definition) is 4. The van der Waals surface area contributed by atoms with Crippen LogP contribution in [-0.2, 0) is 13.6 Å². The molecule has 1 N–H and O–H groups in total. The molecular formula is C10H14NO4P. The van der Waals surface area contributed by atoms with E-state index in [4.69, 9.17) is 9.05 Å². The van der Waals surface area contributed by atoms with Gasteiger partial charge in [-0.2, -0.15) is 0 Å². The van der Waals surface area contributed by atoms with Gasteiger partial charge in [-0.25, -0.2) is 0 Å². The Balaban J connectivity index is 2.57. The second kappa shape index (κ2) is 5.80. The fraction of sp³-hybridized carbons (Fsp3) is 0.300. The zero-order valence-corrected chi connectivity index (χ0v) is 10.1. The standard InChI is InChI=1S/C10H14NO4P/c1-14-16(13,15-2)8-11-10(12)9-6-4-3-5-7-9/h3-7H,8H2,1-2H3,(H,11,12). The highest BCUT2D eigenvalue weighted by Crippen LogP contribution is 2.44. The summed E-state index contributed by atoms with van der Waals surface area (Å²) >= 11 is 0. The van der Waals surface area contributed by atoms with Gasteiger partial charge in [0.05, 0.1) is 0 Å². The molecule has 0 saturated carbocycles. The summed E-state index contributed by atoms with van der Waals surface area (Å²) in [6.45, 7) is 0. The molecule has 0 aromatic heterocycles. The molecule has 0 heterocycles. The Morgan fingerprint density at radius 1 is 1.25 bits per heavy atom. The summed E-state index contributed by atoms with van der Waals surface area (Å²) in [6, 6.07) is 8.65. The Bertz CT molecular complexity index is 385. The predicted octanol–water partition coefficient (Wildman–Crippen LogP) is 1.86. The lowest BCUT2D eigenvalue weighted by atomic mass is 10.2. The van der Waals surface area contributed by atoms with Crippen LogP contribution in [0.1, 0.15) is 10.4 Å². The minimum absolute atomic E-state index is 0.145. The third kappa shape index (κ3) is 3.45. The zero-order chi connectivity index (χ0) is 12.0. The first kappa shape index (κ1) is 12.9. The summed E-state index contributed by atoms with van der Waals surface area (Å²) in [5.74, 6) is -0.310. The van der Waals surface area contributed by atoms with E-state index in [1.807, 2.05) is 6.07 Å². The van der Waals surface area contributed by atoms with Crippen molar-refractivity contribution < 1.29 is 18.4 Å². The molecule has 0 saturated heterocycles. The van der Waals surface area contributed by atoms with Crippen LogP contribution in [0.3, 0.4) is 0 Å². The van der Waals surface area contributed by atoms with E-state index in [0.29, 0.717) is 5.56 Å². The highest BCUT2D eigenvalue weighted by atomic mass is 31.2. The van der Waals surface area contributed by atoms with Crippen LogP contribution in [0, 0.1) is 0 Å². The van der Waals surface area contributed by atoms with E-state index in [1.165, 1.54) is 14.2 Å². The third-order valence-corrected chi connectivity index (χ3v) is 3.68. The van der Waals surface area contributed by atoms with Crippen molar-refractivity contribution >= 4 is 13.5 Å². The van der Waals surface area contributed by atoms with Gasteiger partial charge in [0.25, 0.3) is 5.91 Å². The molecule has 5 nitrogen and oxygen atoms in total. The van der Waals surface area contributed by atoms with E-state index in [0.717, 1.165) is 0 Å². The fourth-order valence-corrected chi connectivity index (χ4v) is 1.81. The van der Waals surface area contributed by atoms with Crippen molar-refractivity contribution in [2.75, 3.05) is 20.5 Å². The number of nitrogens with one attached hydrogen (secondary N) is 1. The number of rotatable bonds is 5. The number of carbonyl (C=O) groups is 1. The zero-order valence-electron chi connectivity index (χ0n) is 9.17. The van der Waals surface area contributed by atoms with Crippen LogP contribution in [0.2, 0.25) is 0 Å². The molecule has 0 spiro atoms. The van der Waals surface area contributed by atoms with Crippen molar-refractivity contribution in [2.24, 2.45) is 0 Å². The van der Waals surface area contributed by atoms with Gasteiger partial charge in [-0.15, -0.1) is 0 Å². The Hall–Kier alpha value is -1.16. The van der Waals surface area contributed by atoms with Gasteiger partial charge in [0.1, 0.15) is 6.29 Å². The number of amides is 1. The second-order valence-corrected chi connectivity index (χ2v) is 5.27. The average molecular weight is 243 g/mol. The predicted molar refractivity (Wildman–Crippen MR) is 60.4 cm³/mol. The van der Waals surface area contributed by atoms with Gasteiger partial charge in [-0.3, -0.25) is 9.36 Å². The minimum atomic E-state index is -3.19. The molecule has 0 atom stereocenters. The molecule has 1 aromatic rings. The van der Waals surface area contributed by atoms with E-state index < -0.39 is 7.60 Å². The number of carbonyl (C=O) groups excluding carboxylic acids is 1. The molecule has 1 rings (SSSR count). The molecule has 1 amide bonds. The van der Waals surface area contributed by atoms with Crippen LogP contribution in [0.25, 0.3) is 0 Å². The highest BCUT2D eigenvalue weighted by Gasteiger charge is 2.21. The monoisotopic (exact) mass is 243 g/mol. The van der Waals surface area contributed by atoms with E-state index >= 15 is 0 Å². The molecule has 0 aliphatic carbocycles. The summed E-state index contributed by atoms with van der Waals surface area (Å²) in [5, 5.41) is 2.49. The first-order valence-electron chi connectivity index (χ1n) is 4.65. The molecule has 0 fully saturated rings. The lowest BCUT2D eigenvalue weighted by Crippen LogP contribution is -2.25. The maximum Gasteiger partial charge on any atom is 0.349 e. The minimum Gasteiger partial charge on any atom is -0.340 e. The summed E-state index contributed by atoms with van der Waals surface area (Å²) < 4.78 is 21.0. The van der Waals surface area contributed by atoms with Crippen molar-refractivity contribution in [3.8, 4) is 0 Å². The van der Waals surface area contributed by atoms with Crippen LogP contribution in [0.4, 0.5) is 0 Å². The summed E-state index contributed by atoms with van der Waals surface area (Å²) in [5.41, 5.74) is 0.501. The van der Waals surface area contributed by atoms with E-state index in [1.54, 1.807) is 24.3 Å². The van der Waals surface area contributed by atoms with Gasteiger partial charge in [-0.1, -0.05) is 18.2 Å². The maximum absolute atomic E-state index is 11.6. The Kier molecular flexibility index (Phi) is 4.68. The van der Waals surface area contributed by atoms with Crippen LogP contribution < -0.4 is 5.32 Å². The van der Waals surface area contributed by atoms with Crippen molar-refractivity contribution in [1.29, 1.82) is 0 Å². The second-order valence-electron chi connectivity index (χ2n) is 3.01. The van der Waals surface area contributed by atoms with Gasteiger partial charge in [-0.05, 0) is 12.1 Å². The van der Waals surface area contributed by atoms with Crippen molar-refractivity contribution in [1.82, 2.24) is 5.32 Å². The molecule has 0 aliphatic heterocycles. The molecule has 0 unspecified atom stereocenters. The van der Waals surface area contributed by atoms with Crippen LogP contribution >= 0.6 is 7.60 Å². The van der Waals surface area contributed by atoms with E-state index in [2.05, 4.69) is 5.32 Å². The average Bonchev–Trinajstić information content (AvgIpc) is 2.36. The third-order valence-electron chi connectivity index (χ3n) is 2.03. The van der Waals surface area contributed by atoms with Crippen LogP contribution in [0.15, 0.2) is 30.3 Å². The molecule has 0 aliphatic rings. The Morgan fingerprint density at radius 3 is 2.31 bits per heavy atom. The normalized spacial score (nSPS) is 11.1. The first-order chi connectivity index (χ1) is 7.61. The molecule has 0 bridgehead atoms. The lowest BCUT2D eigenvalue weighted by Gasteiger charge is -2.13. The molecular weight excluding hydrogens is 229 g/mol. The summed E-state index contributed by atoms with van der Waals surface area (Å²) in [6.07, 6.45) is -0.145. The Labute approximate surface area is 94.3 Å². The van der Waals surface area contributed by atoms with Gasteiger partial charge < -0.3 is 14.4 Å². The SMILES string of the molecule is COP(=O)(CNC(=O)c1ccccc1)OC. The molecule has 0 radical (unpaired) electrons. The first-order valence-corrected chi connectivity index (χ1v) is 6.38. The fourth-order valence-electron chi connectivity index (χ4n) is 1.06. The highest BCUT2D eigenvalue weighted by molar-refractivity contribution is 7.53. The number of hydrogen-bond donors (Lipinski definition) is 1. The molecule has 1 aromatic carbocycles. The maximum atomic E-state index is 11.6. The largest absolute Gasteiger partial charge is 0.349 e. The summed E-state index contributed by atoms with van der Waals surface area (Å²) in [7, 11) is -0.634. The van der Waals surface area contributed by atoms with E-state index in [-0.39, 0.29) is 12.2 Å². The van der Waals surface area contributed by atoms with Gasteiger partial charge >= 0.3 is 7.60 Å². The summed E-state index contributed by atoms with van der Waals surface area (Å²) in [4.78, 5) is 11.6. The van der Waals surface area contributed by atoms with Gasteiger partial charge in [0, 0.05) is 19.8 Å². The van der Waals surface area contributed by atoms with Crippen LogP contribution in [-0.4, -0.2) is 26.4 Å². The van der Waals surface area contributed by atoms with Crippen molar-refractivity contribution in [3.63, 3.8) is 0 Å².